The number of nitrogens with one attached hydrogen (secondary N) is 1. The minimum absolute atomic E-state index is 0.268. The number of methoxy groups -OCH3 is 1. The van der Waals surface area contributed by atoms with Gasteiger partial charge >= 0.3 is 0 Å². The first-order valence-electron chi connectivity index (χ1n) is 13.4. The van der Waals surface area contributed by atoms with Gasteiger partial charge in [-0.25, -0.2) is 4.98 Å². The van der Waals surface area contributed by atoms with Gasteiger partial charge in [0.1, 0.15) is 28.9 Å². The Morgan fingerprint density at radius 3 is 2.76 bits per heavy atom. The summed E-state index contributed by atoms with van der Waals surface area (Å²) in [7, 11) is 3.66. The monoisotopic (exact) mass is 544 g/mol. The third-order valence-corrected chi connectivity index (χ3v) is 7.63. The summed E-state index contributed by atoms with van der Waals surface area (Å²) in [6.45, 7) is 3.72. The highest BCUT2D eigenvalue weighted by molar-refractivity contribution is 6.39. The number of oxazole rings is 1. The van der Waals surface area contributed by atoms with E-state index in [-0.39, 0.29) is 17.3 Å². The van der Waals surface area contributed by atoms with Crippen LogP contribution in [0.3, 0.4) is 0 Å². The zero-order valence-corrected chi connectivity index (χ0v) is 23.2. The number of hydrogen-bond donors (Lipinski definition) is 1. The zero-order valence-electron chi connectivity index (χ0n) is 22.4. The van der Waals surface area contributed by atoms with E-state index in [9.17, 15) is 9.59 Å². The zero-order chi connectivity index (χ0) is 27.1. The topological polar surface area (TPSA) is 106 Å². The van der Waals surface area contributed by atoms with Gasteiger partial charge in [-0.3, -0.25) is 9.59 Å². The van der Waals surface area contributed by atoms with Crippen LogP contribution in [0.2, 0.25) is 5.02 Å². The summed E-state index contributed by atoms with van der Waals surface area (Å²) in [6.07, 6.45) is 8.08. The molecule has 0 aliphatic carbocycles. The van der Waals surface area contributed by atoms with E-state index in [4.69, 9.17) is 25.6 Å². The van der Waals surface area contributed by atoms with Gasteiger partial charge in [-0.2, -0.15) is 0 Å². The molecule has 1 aromatic carbocycles. The second kappa shape index (κ2) is 12.8. The summed E-state index contributed by atoms with van der Waals surface area (Å²) in [6, 6.07) is 4.84. The number of carbonyl (C=O) groups excluding carboxylic acids is 2. The average Bonchev–Trinajstić information content (AvgIpc) is 3.57. The maximum absolute atomic E-state index is 13.3. The number of ketones is 1. The summed E-state index contributed by atoms with van der Waals surface area (Å²) in [5.74, 6) is 1.50. The van der Waals surface area contributed by atoms with Gasteiger partial charge in [0.25, 0.3) is 5.91 Å². The van der Waals surface area contributed by atoms with E-state index in [1.807, 2.05) is 13.0 Å². The van der Waals surface area contributed by atoms with Crippen molar-refractivity contribution < 1.29 is 23.6 Å². The Hall–Kier alpha value is -2.91. The van der Waals surface area contributed by atoms with Crippen molar-refractivity contribution in [3.63, 3.8) is 0 Å². The van der Waals surface area contributed by atoms with Crippen molar-refractivity contribution in [2.24, 2.45) is 5.16 Å². The first-order valence-corrected chi connectivity index (χ1v) is 13.8. The number of rotatable bonds is 12. The standard InChI is InChI=1S/C28H37ClN4O5/c1-4-20(34)8-6-5-7-9-22(27-30-18-25(37-27)21-11-10-19(29)16-24(21)36-3)31-26(35)23-17-28(38-32-23)12-14-33(2)15-13-28/h10-11,16,18,22H,4-9,12-15,17H2,1-3H3,(H,31,35)/t22-/m0/s1. The molecule has 2 aliphatic heterocycles. The molecule has 206 valence electrons. The number of piperidine rings is 1. The summed E-state index contributed by atoms with van der Waals surface area (Å²) < 4.78 is 11.6. The fourth-order valence-electron chi connectivity index (χ4n) is 4.90. The van der Waals surface area contributed by atoms with E-state index in [0.717, 1.165) is 50.8 Å². The van der Waals surface area contributed by atoms with Crippen molar-refractivity contribution >= 4 is 29.0 Å². The summed E-state index contributed by atoms with van der Waals surface area (Å²) in [5.41, 5.74) is 0.734. The minimum Gasteiger partial charge on any atom is -0.496 e. The number of carbonyl (C=O) groups is 2. The van der Waals surface area contributed by atoms with E-state index in [1.165, 1.54) is 0 Å². The number of likely N-dealkylation sites (tertiary alicyclic amines) is 1. The van der Waals surface area contributed by atoms with Crippen LogP contribution in [0, 0.1) is 0 Å². The van der Waals surface area contributed by atoms with Crippen molar-refractivity contribution in [3.8, 4) is 17.1 Å². The molecule has 3 heterocycles. The maximum Gasteiger partial charge on any atom is 0.269 e. The molecule has 10 heteroatoms. The summed E-state index contributed by atoms with van der Waals surface area (Å²) in [5, 5.41) is 7.81. The molecule has 2 aromatic rings. The van der Waals surface area contributed by atoms with Crippen molar-refractivity contribution in [3.05, 3.63) is 35.3 Å². The van der Waals surface area contributed by atoms with Crippen LogP contribution in [-0.2, 0) is 14.4 Å². The molecule has 0 unspecified atom stereocenters. The molecule has 1 saturated heterocycles. The Morgan fingerprint density at radius 2 is 2.03 bits per heavy atom. The Bertz CT molecular complexity index is 1160. The van der Waals surface area contributed by atoms with Crippen LogP contribution < -0.4 is 10.1 Å². The Kier molecular flexibility index (Phi) is 9.44. The van der Waals surface area contributed by atoms with E-state index >= 15 is 0 Å². The lowest BCUT2D eigenvalue weighted by Crippen LogP contribution is -2.44. The highest BCUT2D eigenvalue weighted by Gasteiger charge is 2.43. The number of oxime groups is 1. The van der Waals surface area contributed by atoms with Crippen molar-refractivity contribution in [1.82, 2.24) is 15.2 Å². The predicted molar refractivity (Wildman–Crippen MR) is 145 cm³/mol. The van der Waals surface area contributed by atoms with Crippen molar-refractivity contribution in [2.75, 3.05) is 27.2 Å². The van der Waals surface area contributed by atoms with Crippen LogP contribution in [0.5, 0.6) is 5.75 Å². The minimum atomic E-state index is -0.451. The SMILES string of the molecule is CCC(=O)CCCCC[C@H](NC(=O)C1=NOC2(CCN(C)CC2)C1)c1ncc(-c2ccc(Cl)cc2OC)o1. The molecule has 1 amide bonds. The van der Waals surface area contributed by atoms with Crippen molar-refractivity contribution in [1.29, 1.82) is 0 Å². The second-order valence-electron chi connectivity index (χ2n) is 10.2. The molecule has 4 rings (SSSR count). The van der Waals surface area contributed by atoms with Gasteiger partial charge in [0.2, 0.25) is 5.89 Å². The number of Topliss-reactive ketones (excluding diaryl/α,β-unsaturated/α-hetero) is 1. The molecule has 9 nitrogen and oxygen atoms in total. The number of ether oxygens (including phenoxy) is 1. The first kappa shape index (κ1) is 28.1. The Morgan fingerprint density at radius 1 is 1.24 bits per heavy atom. The normalized spacial score (nSPS) is 17.6. The first-order chi connectivity index (χ1) is 18.3. The average molecular weight is 545 g/mol. The van der Waals surface area contributed by atoms with Gasteiger partial charge in [0, 0.05) is 50.2 Å². The Balaban J connectivity index is 1.45. The number of amides is 1. The molecular formula is C28H37ClN4O5. The molecule has 1 atom stereocenters. The van der Waals surface area contributed by atoms with Gasteiger partial charge in [-0.05, 0) is 38.1 Å². The fourth-order valence-corrected chi connectivity index (χ4v) is 5.06. The fraction of sp³-hybridized carbons (Fsp3) is 0.571. The van der Waals surface area contributed by atoms with E-state index in [0.29, 0.717) is 53.8 Å². The van der Waals surface area contributed by atoms with Gasteiger partial charge in [0.05, 0.1) is 18.9 Å². The molecule has 1 fully saturated rings. The number of halogens is 1. The lowest BCUT2D eigenvalue weighted by molar-refractivity contribution is -0.119. The second-order valence-corrected chi connectivity index (χ2v) is 10.7. The van der Waals surface area contributed by atoms with Crippen LogP contribution in [0.15, 0.2) is 34.0 Å². The molecule has 0 bridgehead atoms. The van der Waals surface area contributed by atoms with E-state index in [1.54, 1.807) is 25.4 Å². The van der Waals surface area contributed by atoms with Crippen LogP contribution in [0.1, 0.15) is 76.6 Å². The van der Waals surface area contributed by atoms with Crippen molar-refractivity contribution in [2.45, 2.75) is 76.4 Å². The van der Waals surface area contributed by atoms with E-state index < -0.39 is 6.04 Å². The smallest absolute Gasteiger partial charge is 0.269 e. The molecule has 1 N–H and O–H groups in total. The van der Waals surface area contributed by atoms with Crippen LogP contribution in [0.4, 0.5) is 0 Å². The van der Waals surface area contributed by atoms with E-state index in [2.05, 4.69) is 27.4 Å². The number of nitrogens with zero attached hydrogens (tertiary/aromatic N) is 3. The van der Waals surface area contributed by atoms with Gasteiger partial charge < -0.3 is 24.2 Å². The molecular weight excluding hydrogens is 508 g/mol. The lowest BCUT2D eigenvalue weighted by Gasteiger charge is -2.35. The number of aromatic nitrogens is 1. The number of unbranched alkanes of at least 4 members (excludes halogenated alkanes) is 2. The van der Waals surface area contributed by atoms with Crippen LogP contribution in [-0.4, -0.2) is 60.1 Å². The molecule has 38 heavy (non-hydrogen) atoms. The highest BCUT2D eigenvalue weighted by atomic mass is 35.5. The van der Waals surface area contributed by atoms with Crippen LogP contribution >= 0.6 is 11.6 Å². The third kappa shape index (κ3) is 6.94. The highest BCUT2D eigenvalue weighted by Crippen LogP contribution is 2.36. The molecule has 0 radical (unpaired) electrons. The van der Waals surface area contributed by atoms with Gasteiger partial charge in [0.15, 0.2) is 5.76 Å². The molecule has 1 spiro atoms. The molecule has 2 aliphatic rings. The predicted octanol–water partition coefficient (Wildman–Crippen LogP) is 5.33. The molecule has 1 aromatic heterocycles. The number of benzene rings is 1. The van der Waals surface area contributed by atoms with Gasteiger partial charge in [-0.15, -0.1) is 0 Å². The molecule has 0 saturated carbocycles. The largest absolute Gasteiger partial charge is 0.496 e. The summed E-state index contributed by atoms with van der Waals surface area (Å²) >= 11 is 6.11. The maximum atomic E-state index is 13.3. The third-order valence-electron chi connectivity index (χ3n) is 7.40. The Labute approximate surface area is 228 Å². The van der Waals surface area contributed by atoms with Crippen LogP contribution in [0.25, 0.3) is 11.3 Å². The quantitative estimate of drug-likeness (QED) is 0.360. The van der Waals surface area contributed by atoms with Gasteiger partial charge in [-0.1, -0.05) is 36.5 Å². The number of hydrogen-bond acceptors (Lipinski definition) is 8. The lowest BCUT2D eigenvalue weighted by atomic mass is 9.87. The summed E-state index contributed by atoms with van der Waals surface area (Å²) in [4.78, 5) is 37.5.